The maximum absolute atomic E-state index is 12.3. The van der Waals surface area contributed by atoms with Crippen molar-refractivity contribution in [1.29, 1.82) is 0 Å². The summed E-state index contributed by atoms with van der Waals surface area (Å²) in [6.45, 7) is 11.3. The number of nitrogens with two attached hydrogens (primary N) is 2. The number of hydrogen-bond donors (Lipinski definition) is 3. The maximum Gasteiger partial charge on any atom is 0.408 e. The van der Waals surface area contributed by atoms with E-state index in [4.69, 9.17) is 16.2 Å². The highest BCUT2D eigenvalue weighted by Crippen LogP contribution is 2.30. The van der Waals surface area contributed by atoms with Crippen LogP contribution in [-0.2, 0) is 4.74 Å². The highest BCUT2D eigenvalue weighted by atomic mass is 16.6. The van der Waals surface area contributed by atoms with Crippen molar-refractivity contribution < 1.29 is 9.53 Å². The van der Waals surface area contributed by atoms with E-state index < -0.39 is 11.7 Å². The fourth-order valence-corrected chi connectivity index (χ4v) is 2.68. The van der Waals surface area contributed by atoms with E-state index in [1.165, 1.54) is 0 Å². The van der Waals surface area contributed by atoms with Crippen molar-refractivity contribution in [2.24, 2.45) is 5.92 Å². The Morgan fingerprint density at radius 1 is 1.26 bits per heavy atom. The zero-order chi connectivity index (χ0) is 20.2. The van der Waals surface area contributed by atoms with Gasteiger partial charge in [-0.2, -0.15) is 0 Å². The third-order valence-electron chi connectivity index (χ3n) is 4.06. The smallest absolute Gasteiger partial charge is 0.408 e. The second kappa shape index (κ2) is 8.12. The van der Waals surface area contributed by atoms with Crippen molar-refractivity contribution >= 4 is 17.5 Å². The van der Waals surface area contributed by atoms with Crippen LogP contribution in [0.3, 0.4) is 0 Å². The first kappa shape index (κ1) is 20.3. The number of alkyl carbamates (subject to hydrolysis) is 1. The minimum atomic E-state index is -0.584. The molecule has 0 spiro atoms. The average molecular weight is 368 g/mol. The van der Waals surface area contributed by atoms with Crippen molar-refractivity contribution in [1.82, 2.24) is 10.3 Å². The minimum Gasteiger partial charge on any atom is -0.444 e. The highest BCUT2D eigenvalue weighted by Gasteiger charge is 2.24. The number of carbonyl (C=O) groups excluding carboxylic acids is 1. The monoisotopic (exact) mass is 368 g/mol. The molecule has 0 saturated carbocycles. The molecule has 0 bridgehead atoms. The Hall–Kier alpha value is -3.02. The molecule has 0 fully saturated rings. The molecular weight excluding hydrogens is 340 g/mol. The van der Waals surface area contributed by atoms with Gasteiger partial charge in [0.05, 0.1) is 11.7 Å². The summed E-state index contributed by atoms with van der Waals surface area (Å²) in [7, 11) is 0. The van der Waals surface area contributed by atoms with Gasteiger partial charge < -0.3 is 21.5 Å². The van der Waals surface area contributed by atoms with E-state index in [1.807, 2.05) is 45.9 Å². The van der Waals surface area contributed by atoms with E-state index >= 15 is 0 Å². The van der Waals surface area contributed by atoms with Gasteiger partial charge in [0, 0.05) is 23.1 Å². The number of hydrogen-bond acceptors (Lipinski definition) is 5. The van der Waals surface area contributed by atoms with Crippen LogP contribution in [0, 0.1) is 5.92 Å². The molecule has 0 aliphatic rings. The van der Waals surface area contributed by atoms with Crippen LogP contribution in [0.25, 0.3) is 11.1 Å². The van der Waals surface area contributed by atoms with E-state index in [1.54, 1.807) is 24.4 Å². The van der Waals surface area contributed by atoms with E-state index in [2.05, 4.69) is 16.9 Å². The molecule has 27 heavy (non-hydrogen) atoms. The molecule has 2 atom stereocenters. The lowest BCUT2D eigenvalue weighted by Crippen LogP contribution is -2.37. The lowest BCUT2D eigenvalue weighted by Gasteiger charge is -2.26. The number of nitrogens with one attached hydrogen (secondary N) is 1. The molecule has 6 nitrogen and oxygen atoms in total. The standard InChI is InChI=1S/C21H28N4O2/c1-6-13(2)19(25-20(26)27-21(3,4)5)18-11-14(9-10-24-18)16-8-7-15(22)12-17(16)23/h6-13,19H,1,22-23H2,2-5H3,(H,25,26)/t13-,19+/m1/s1. The summed E-state index contributed by atoms with van der Waals surface area (Å²) in [5.41, 5.74) is 14.9. The van der Waals surface area contributed by atoms with Crippen LogP contribution in [0.5, 0.6) is 0 Å². The zero-order valence-electron chi connectivity index (χ0n) is 16.3. The summed E-state index contributed by atoms with van der Waals surface area (Å²) in [6, 6.07) is 8.79. The molecule has 2 rings (SSSR count). The van der Waals surface area contributed by atoms with Gasteiger partial charge in [0.15, 0.2) is 0 Å². The minimum absolute atomic E-state index is 0.0518. The van der Waals surface area contributed by atoms with Crippen LogP contribution in [0.15, 0.2) is 49.2 Å². The Balaban J connectivity index is 2.36. The molecule has 1 aromatic carbocycles. The topological polar surface area (TPSA) is 103 Å². The van der Waals surface area contributed by atoms with Crippen LogP contribution in [0.1, 0.15) is 39.4 Å². The number of rotatable bonds is 5. The van der Waals surface area contributed by atoms with Crippen LogP contribution in [0.4, 0.5) is 16.2 Å². The fraction of sp³-hybridized carbons (Fsp3) is 0.333. The van der Waals surface area contributed by atoms with E-state index in [0.717, 1.165) is 11.1 Å². The van der Waals surface area contributed by atoms with Gasteiger partial charge in [0.1, 0.15) is 5.60 Å². The summed E-state index contributed by atoms with van der Waals surface area (Å²) >= 11 is 0. The molecule has 1 aromatic heterocycles. The van der Waals surface area contributed by atoms with E-state index in [9.17, 15) is 4.79 Å². The van der Waals surface area contributed by atoms with Gasteiger partial charge in [-0.15, -0.1) is 6.58 Å². The Morgan fingerprint density at radius 2 is 1.96 bits per heavy atom. The molecule has 1 heterocycles. The van der Waals surface area contributed by atoms with Crippen molar-refractivity contribution in [2.45, 2.75) is 39.3 Å². The Bertz CT molecular complexity index is 827. The van der Waals surface area contributed by atoms with Gasteiger partial charge >= 0.3 is 6.09 Å². The number of nitrogens with zero attached hydrogens (tertiary/aromatic N) is 1. The Labute approximate surface area is 160 Å². The summed E-state index contributed by atoms with van der Waals surface area (Å²) in [5.74, 6) is -0.0518. The second-order valence-corrected chi connectivity index (χ2v) is 7.53. The van der Waals surface area contributed by atoms with Crippen LogP contribution in [-0.4, -0.2) is 16.7 Å². The predicted octanol–water partition coefficient (Wildman–Crippen LogP) is 4.30. The molecule has 144 valence electrons. The largest absolute Gasteiger partial charge is 0.444 e. The molecule has 1 amide bonds. The van der Waals surface area contributed by atoms with Crippen molar-refractivity contribution in [2.75, 3.05) is 11.5 Å². The van der Waals surface area contributed by atoms with Gasteiger partial charge in [0.25, 0.3) is 0 Å². The molecule has 0 radical (unpaired) electrons. The molecule has 0 saturated heterocycles. The SMILES string of the molecule is C=C[C@@H](C)[C@H](NC(=O)OC(C)(C)C)c1cc(-c2ccc(N)cc2N)ccn1. The Morgan fingerprint density at radius 3 is 2.56 bits per heavy atom. The second-order valence-electron chi connectivity index (χ2n) is 7.53. The van der Waals surface area contributed by atoms with Crippen LogP contribution < -0.4 is 16.8 Å². The number of nitrogen functional groups attached to an aromatic ring is 2. The number of ether oxygens (including phenoxy) is 1. The van der Waals surface area contributed by atoms with Crippen LogP contribution >= 0.6 is 0 Å². The Kier molecular flexibility index (Phi) is 6.10. The van der Waals surface area contributed by atoms with Gasteiger partial charge in [-0.3, -0.25) is 4.98 Å². The number of pyridine rings is 1. The lowest BCUT2D eigenvalue weighted by atomic mass is 9.95. The number of anilines is 2. The number of amides is 1. The quantitative estimate of drug-likeness (QED) is 0.539. The van der Waals surface area contributed by atoms with Gasteiger partial charge in [-0.25, -0.2) is 4.79 Å². The highest BCUT2D eigenvalue weighted by molar-refractivity contribution is 5.79. The van der Waals surface area contributed by atoms with Crippen molar-refractivity contribution in [3.05, 3.63) is 54.9 Å². The molecule has 6 heteroatoms. The molecule has 2 aromatic rings. The predicted molar refractivity (Wildman–Crippen MR) is 110 cm³/mol. The van der Waals surface area contributed by atoms with Gasteiger partial charge in [-0.1, -0.05) is 19.1 Å². The number of carbonyl (C=O) groups is 1. The number of benzene rings is 1. The summed E-state index contributed by atoms with van der Waals surface area (Å²) in [6.07, 6.45) is 2.97. The summed E-state index contributed by atoms with van der Waals surface area (Å²) < 4.78 is 5.39. The first-order valence-electron chi connectivity index (χ1n) is 8.84. The van der Waals surface area contributed by atoms with E-state index in [-0.39, 0.29) is 12.0 Å². The van der Waals surface area contributed by atoms with Crippen LogP contribution in [0.2, 0.25) is 0 Å². The average Bonchev–Trinajstić information content (AvgIpc) is 2.57. The molecular formula is C21H28N4O2. The van der Waals surface area contributed by atoms with E-state index in [0.29, 0.717) is 17.1 Å². The fourth-order valence-electron chi connectivity index (χ4n) is 2.68. The van der Waals surface area contributed by atoms with Crippen molar-refractivity contribution in [3.8, 4) is 11.1 Å². The zero-order valence-corrected chi connectivity index (χ0v) is 16.3. The van der Waals surface area contributed by atoms with Crippen molar-refractivity contribution in [3.63, 3.8) is 0 Å². The maximum atomic E-state index is 12.3. The summed E-state index contributed by atoms with van der Waals surface area (Å²) in [5, 5.41) is 2.90. The van der Waals surface area contributed by atoms with Gasteiger partial charge in [0.2, 0.25) is 0 Å². The third kappa shape index (κ3) is 5.48. The lowest BCUT2D eigenvalue weighted by molar-refractivity contribution is 0.0492. The summed E-state index contributed by atoms with van der Waals surface area (Å²) in [4.78, 5) is 16.7. The number of aromatic nitrogens is 1. The molecule has 0 unspecified atom stereocenters. The normalized spacial score (nSPS) is 13.5. The molecule has 5 N–H and O–H groups in total. The third-order valence-corrected chi connectivity index (χ3v) is 4.06. The molecule has 0 aliphatic carbocycles. The first-order valence-corrected chi connectivity index (χ1v) is 8.84. The van der Waals surface area contributed by atoms with Gasteiger partial charge in [-0.05, 0) is 56.5 Å². The molecule has 0 aliphatic heterocycles. The first-order chi connectivity index (χ1) is 12.6.